The molecule has 100 valence electrons. The fourth-order valence-corrected chi connectivity index (χ4v) is 3.66. The molecule has 0 radical (unpaired) electrons. The predicted molar refractivity (Wildman–Crippen MR) is 74.2 cm³/mol. The van der Waals surface area contributed by atoms with E-state index in [1.54, 1.807) is 0 Å². The van der Waals surface area contributed by atoms with E-state index in [1.165, 1.54) is 51.6 Å². The highest BCUT2D eigenvalue weighted by atomic mass is 15.2. The second kappa shape index (κ2) is 6.19. The molecule has 0 spiro atoms. The summed E-state index contributed by atoms with van der Waals surface area (Å²) in [7, 11) is 2.37. The van der Waals surface area contributed by atoms with Crippen molar-refractivity contribution in [3.05, 3.63) is 0 Å². The monoisotopic (exact) mass is 238 g/mol. The van der Waals surface area contributed by atoms with Crippen molar-refractivity contribution >= 4 is 0 Å². The third-order valence-corrected chi connectivity index (χ3v) is 5.05. The van der Waals surface area contributed by atoms with Crippen LogP contribution in [0, 0.1) is 11.8 Å². The quantitative estimate of drug-likeness (QED) is 0.813. The van der Waals surface area contributed by atoms with E-state index in [1.807, 2.05) is 0 Å². The van der Waals surface area contributed by atoms with Crippen LogP contribution in [0.1, 0.15) is 52.4 Å². The maximum absolute atomic E-state index is 3.55. The summed E-state index contributed by atoms with van der Waals surface area (Å²) in [5.41, 5.74) is 0. The van der Waals surface area contributed by atoms with Crippen molar-refractivity contribution in [3.63, 3.8) is 0 Å². The molecule has 0 bridgehead atoms. The average molecular weight is 238 g/mol. The second-order valence-electron chi connectivity index (χ2n) is 6.49. The number of piperidine rings is 1. The molecule has 0 aromatic rings. The lowest BCUT2D eigenvalue weighted by molar-refractivity contribution is 0.0878. The highest BCUT2D eigenvalue weighted by Gasteiger charge is 2.30. The van der Waals surface area contributed by atoms with Crippen LogP contribution in [-0.4, -0.2) is 37.1 Å². The van der Waals surface area contributed by atoms with Gasteiger partial charge in [0.05, 0.1) is 0 Å². The maximum atomic E-state index is 3.55. The van der Waals surface area contributed by atoms with E-state index in [9.17, 15) is 0 Å². The van der Waals surface area contributed by atoms with Crippen LogP contribution < -0.4 is 5.32 Å². The summed E-state index contributed by atoms with van der Waals surface area (Å²) in [5.74, 6) is 1.84. The normalized spacial score (nSPS) is 35.5. The van der Waals surface area contributed by atoms with Gasteiger partial charge in [0.1, 0.15) is 0 Å². The second-order valence-corrected chi connectivity index (χ2v) is 6.49. The Labute approximate surface area is 107 Å². The molecule has 1 N–H and O–H groups in total. The zero-order valence-electron chi connectivity index (χ0n) is 11.9. The molecule has 2 rings (SSSR count). The van der Waals surface area contributed by atoms with E-state index in [0.29, 0.717) is 0 Å². The molecule has 3 atom stereocenters. The summed E-state index contributed by atoms with van der Waals surface area (Å²) in [6.07, 6.45) is 8.52. The number of hydrogen-bond acceptors (Lipinski definition) is 2. The number of nitrogens with one attached hydrogen (secondary N) is 1. The van der Waals surface area contributed by atoms with Gasteiger partial charge >= 0.3 is 0 Å². The smallest absolute Gasteiger partial charge is 0.0221 e. The standard InChI is InChI=1S/C15H30N2/c1-12(2)13-6-4-7-14(10-13)17(3)15-8-5-9-16-11-15/h12-16H,4-11H2,1-3H3. The van der Waals surface area contributed by atoms with Gasteiger partial charge in [-0.25, -0.2) is 0 Å². The Morgan fingerprint density at radius 1 is 1.06 bits per heavy atom. The summed E-state index contributed by atoms with van der Waals surface area (Å²) >= 11 is 0. The highest BCUT2D eigenvalue weighted by Crippen LogP contribution is 2.33. The molecular weight excluding hydrogens is 208 g/mol. The molecule has 1 aliphatic carbocycles. The first-order valence-corrected chi connectivity index (χ1v) is 7.61. The molecule has 1 saturated carbocycles. The lowest BCUT2D eigenvalue weighted by Crippen LogP contribution is -2.49. The third kappa shape index (κ3) is 3.45. The third-order valence-electron chi connectivity index (χ3n) is 5.05. The fraction of sp³-hybridized carbons (Fsp3) is 1.00. The van der Waals surface area contributed by atoms with Crippen molar-refractivity contribution in [3.8, 4) is 0 Å². The van der Waals surface area contributed by atoms with E-state index in [-0.39, 0.29) is 0 Å². The van der Waals surface area contributed by atoms with Crippen molar-refractivity contribution in [1.29, 1.82) is 0 Å². The van der Waals surface area contributed by atoms with Gasteiger partial charge in [0, 0.05) is 18.6 Å². The Bertz CT molecular complexity index is 221. The molecule has 2 nitrogen and oxygen atoms in total. The van der Waals surface area contributed by atoms with E-state index < -0.39 is 0 Å². The minimum atomic E-state index is 0.791. The van der Waals surface area contributed by atoms with E-state index in [0.717, 1.165) is 23.9 Å². The van der Waals surface area contributed by atoms with Crippen molar-refractivity contribution in [1.82, 2.24) is 10.2 Å². The van der Waals surface area contributed by atoms with Gasteiger partial charge in [0.15, 0.2) is 0 Å². The first-order valence-electron chi connectivity index (χ1n) is 7.61. The van der Waals surface area contributed by atoms with E-state index >= 15 is 0 Å². The number of likely N-dealkylation sites (N-methyl/N-ethyl adjacent to an activating group) is 1. The summed E-state index contributed by atoms with van der Waals surface area (Å²) < 4.78 is 0. The average Bonchev–Trinajstić information content (AvgIpc) is 2.39. The Morgan fingerprint density at radius 3 is 2.47 bits per heavy atom. The molecule has 1 saturated heterocycles. The van der Waals surface area contributed by atoms with Gasteiger partial charge in [0.25, 0.3) is 0 Å². The Balaban J connectivity index is 1.87. The summed E-state index contributed by atoms with van der Waals surface area (Å²) in [6.45, 7) is 7.23. The van der Waals surface area contributed by atoms with Crippen LogP contribution in [0.4, 0.5) is 0 Å². The molecule has 1 aliphatic heterocycles. The Hall–Kier alpha value is -0.0800. The van der Waals surface area contributed by atoms with Crippen LogP contribution in [0.5, 0.6) is 0 Å². The Kier molecular flexibility index (Phi) is 4.87. The predicted octanol–water partition coefficient (Wildman–Crippen LogP) is 2.89. The molecule has 3 unspecified atom stereocenters. The van der Waals surface area contributed by atoms with Gasteiger partial charge in [-0.05, 0) is 51.1 Å². The van der Waals surface area contributed by atoms with Crippen LogP contribution in [0.2, 0.25) is 0 Å². The summed E-state index contributed by atoms with van der Waals surface area (Å²) in [5, 5.41) is 3.55. The minimum absolute atomic E-state index is 0.791. The highest BCUT2D eigenvalue weighted by molar-refractivity contribution is 4.86. The largest absolute Gasteiger partial charge is 0.315 e. The van der Waals surface area contributed by atoms with Gasteiger partial charge < -0.3 is 5.32 Å². The van der Waals surface area contributed by atoms with Crippen molar-refractivity contribution in [2.75, 3.05) is 20.1 Å². The van der Waals surface area contributed by atoms with Gasteiger partial charge in [-0.3, -0.25) is 4.90 Å². The molecule has 2 heteroatoms. The number of hydrogen-bond donors (Lipinski definition) is 1. The minimum Gasteiger partial charge on any atom is -0.315 e. The first kappa shape index (κ1) is 13.4. The fourth-order valence-electron chi connectivity index (χ4n) is 3.66. The van der Waals surface area contributed by atoms with Crippen molar-refractivity contribution < 1.29 is 0 Å². The van der Waals surface area contributed by atoms with Crippen LogP contribution in [0.3, 0.4) is 0 Å². The Morgan fingerprint density at radius 2 is 1.82 bits per heavy atom. The van der Waals surface area contributed by atoms with Crippen LogP contribution in [0.15, 0.2) is 0 Å². The van der Waals surface area contributed by atoms with Gasteiger partial charge in [0.2, 0.25) is 0 Å². The molecule has 2 aliphatic rings. The lowest BCUT2D eigenvalue weighted by Gasteiger charge is -2.42. The molecule has 0 aromatic carbocycles. The zero-order chi connectivity index (χ0) is 12.3. The van der Waals surface area contributed by atoms with Crippen LogP contribution >= 0.6 is 0 Å². The lowest BCUT2D eigenvalue weighted by atomic mass is 9.78. The van der Waals surface area contributed by atoms with Crippen LogP contribution in [-0.2, 0) is 0 Å². The topological polar surface area (TPSA) is 15.3 Å². The van der Waals surface area contributed by atoms with Crippen molar-refractivity contribution in [2.45, 2.75) is 64.5 Å². The molecular formula is C15H30N2. The maximum Gasteiger partial charge on any atom is 0.0221 e. The summed E-state index contributed by atoms with van der Waals surface area (Å²) in [6, 6.07) is 1.64. The zero-order valence-corrected chi connectivity index (χ0v) is 11.9. The van der Waals surface area contributed by atoms with Crippen LogP contribution in [0.25, 0.3) is 0 Å². The number of nitrogens with zero attached hydrogens (tertiary/aromatic N) is 1. The number of rotatable bonds is 3. The van der Waals surface area contributed by atoms with Crippen molar-refractivity contribution in [2.24, 2.45) is 11.8 Å². The van der Waals surface area contributed by atoms with Gasteiger partial charge in [-0.1, -0.05) is 26.7 Å². The van der Waals surface area contributed by atoms with Gasteiger partial charge in [-0.15, -0.1) is 0 Å². The molecule has 1 heterocycles. The van der Waals surface area contributed by atoms with Gasteiger partial charge in [-0.2, -0.15) is 0 Å². The van der Waals surface area contributed by atoms with E-state index in [2.05, 4.69) is 31.1 Å². The first-order chi connectivity index (χ1) is 8.18. The SMILES string of the molecule is CC(C)C1CCCC(N(C)C2CCCNC2)C1. The molecule has 17 heavy (non-hydrogen) atoms. The molecule has 0 amide bonds. The summed E-state index contributed by atoms with van der Waals surface area (Å²) in [4.78, 5) is 2.70. The molecule has 2 fully saturated rings. The molecule has 0 aromatic heterocycles. The van der Waals surface area contributed by atoms with E-state index in [4.69, 9.17) is 0 Å².